The molecule has 0 aromatic rings. The van der Waals surface area contributed by atoms with Crippen molar-refractivity contribution in [3.05, 3.63) is 85.1 Å². The van der Waals surface area contributed by atoms with Gasteiger partial charge in [0, 0.05) is 19.3 Å². The van der Waals surface area contributed by atoms with Gasteiger partial charge in [-0.3, -0.25) is 14.4 Å². The van der Waals surface area contributed by atoms with Gasteiger partial charge in [-0.1, -0.05) is 221 Å². The van der Waals surface area contributed by atoms with Crippen molar-refractivity contribution in [2.45, 2.75) is 245 Å². The average molecular weight is 877 g/mol. The summed E-state index contributed by atoms with van der Waals surface area (Å²) >= 11 is 0. The lowest BCUT2D eigenvalue weighted by molar-refractivity contribution is -0.166. The van der Waals surface area contributed by atoms with E-state index in [9.17, 15) is 14.4 Å². The molecule has 0 radical (unpaired) electrons. The molecule has 360 valence electrons. The molecule has 6 nitrogen and oxygen atoms in total. The second kappa shape index (κ2) is 51.2. The van der Waals surface area contributed by atoms with E-state index in [1.54, 1.807) is 0 Å². The zero-order valence-electron chi connectivity index (χ0n) is 41.1. The van der Waals surface area contributed by atoms with Crippen LogP contribution < -0.4 is 0 Å². The summed E-state index contributed by atoms with van der Waals surface area (Å²) in [6, 6.07) is 0. The lowest BCUT2D eigenvalue weighted by atomic mass is 10.0. The molecular formula is C57H96O6. The summed E-state index contributed by atoms with van der Waals surface area (Å²) in [5.41, 5.74) is 0. The molecule has 0 fully saturated rings. The molecule has 0 rings (SSSR count). The van der Waals surface area contributed by atoms with Crippen molar-refractivity contribution in [3.63, 3.8) is 0 Å². The minimum Gasteiger partial charge on any atom is -0.462 e. The fourth-order valence-corrected chi connectivity index (χ4v) is 6.99. The number of hydrogen-bond acceptors (Lipinski definition) is 6. The third kappa shape index (κ3) is 49.5. The number of hydrogen-bond donors (Lipinski definition) is 0. The molecule has 6 heteroatoms. The number of allylic oxidation sites excluding steroid dienone is 14. The van der Waals surface area contributed by atoms with Crippen LogP contribution >= 0.6 is 0 Å². The molecule has 0 N–H and O–H groups in total. The molecule has 0 heterocycles. The number of esters is 3. The Kier molecular flexibility index (Phi) is 48.5. The molecular weight excluding hydrogens is 781 g/mol. The smallest absolute Gasteiger partial charge is 0.306 e. The van der Waals surface area contributed by atoms with Crippen molar-refractivity contribution < 1.29 is 28.6 Å². The molecule has 1 unspecified atom stereocenters. The normalized spacial score (nSPS) is 12.7. The van der Waals surface area contributed by atoms with Crippen molar-refractivity contribution in [1.29, 1.82) is 0 Å². The monoisotopic (exact) mass is 877 g/mol. The van der Waals surface area contributed by atoms with Crippen molar-refractivity contribution in [2.75, 3.05) is 13.2 Å². The van der Waals surface area contributed by atoms with Gasteiger partial charge in [0.2, 0.25) is 0 Å². The molecule has 0 aliphatic carbocycles. The van der Waals surface area contributed by atoms with E-state index in [0.29, 0.717) is 19.3 Å². The van der Waals surface area contributed by atoms with Gasteiger partial charge in [0.1, 0.15) is 13.2 Å². The highest BCUT2D eigenvalue weighted by Gasteiger charge is 2.19. The first kappa shape index (κ1) is 59.6. The van der Waals surface area contributed by atoms with E-state index in [0.717, 1.165) is 89.9 Å². The van der Waals surface area contributed by atoms with Crippen molar-refractivity contribution in [3.8, 4) is 0 Å². The van der Waals surface area contributed by atoms with Crippen molar-refractivity contribution in [2.24, 2.45) is 0 Å². The van der Waals surface area contributed by atoms with E-state index < -0.39 is 6.10 Å². The van der Waals surface area contributed by atoms with Gasteiger partial charge in [0.25, 0.3) is 0 Å². The minimum atomic E-state index is -0.818. The Morgan fingerprint density at radius 3 is 1.05 bits per heavy atom. The zero-order chi connectivity index (χ0) is 45.8. The highest BCUT2D eigenvalue weighted by molar-refractivity contribution is 5.71. The quantitative estimate of drug-likeness (QED) is 0.0262. The lowest BCUT2D eigenvalue weighted by Gasteiger charge is -2.18. The molecule has 0 spiro atoms. The van der Waals surface area contributed by atoms with Crippen LogP contribution in [-0.4, -0.2) is 37.2 Å². The molecule has 0 bridgehead atoms. The molecule has 0 aromatic heterocycles. The van der Waals surface area contributed by atoms with Crippen LogP contribution in [-0.2, 0) is 28.6 Å². The highest BCUT2D eigenvalue weighted by atomic mass is 16.6. The SMILES string of the molecule is CC/C=C\C/C=C\C/C=C\C/C=C\C/C=C\CCCCCC(=O)OCC(COC(=O)CCCCCCCCCCCCCCC)OC(=O)CC/C=C\C/C=C\CCCCCCCC. The van der Waals surface area contributed by atoms with Crippen LogP contribution in [0.3, 0.4) is 0 Å². The van der Waals surface area contributed by atoms with Crippen LogP contribution in [0.2, 0.25) is 0 Å². The van der Waals surface area contributed by atoms with Crippen LogP contribution in [0.5, 0.6) is 0 Å². The van der Waals surface area contributed by atoms with E-state index >= 15 is 0 Å². The predicted molar refractivity (Wildman–Crippen MR) is 270 cm³/mol. The first-order chi connectivity index (χ1) is 31.0. The maximum atomic E-state index is 12.7. The molecule has 0 aromatic carbocycles. The Hall–Kier alpha value is -3.41. The number of ether oxygens (including phenoxy) is 3. The summed E-state index contributed by atoms with van der Waals surface area (Å²) in [6.07, 6.45) is 65.8. The molecule has 0 aliphatic heterocycles. The third-order valence-electron chi connectivity index (χ3n) is 10.9. The molecule has 0 aliphatic rings. The number of carbonyl (C=O) groups is 3. The van der Waals surface area contributed by atoms with Gasteiger partial charge in [-0.2, -0.15) is 0 Å². The zero-order valence-corrected chi connectivity index (χ0v) is 41.1. The van der Waals surface area contributed by atoms with Gasteiger partial charge < -0.3 is 14.2 Å². The summed E-state index contributed by atoms with van der Waals surface area (Å²) in [6.45, 7) is 6.43. The Morgan fingerprint density at radius 2 is 0.651 bits per heavy atom. The summed E-state index contributed by atoms with van der Waals surface area (Å²) in [7, 11) is 0. The van der Waals surface area contributed by atoms with Gasteiger partial charge in [0.05, 0.1) is 0 Å². The number of rotatable bonds is 46. The van der Waals surface area contributed by atoms with Crippen LogP contribution in [0.25, 0.3) is 0 Å². The fourth-order valence-electron chi connectivity index (χ4n) is 6.99. The lowest BCUT2D eigenvalue weighted by Crippen LogP contribution is -2.30. The summed E-state index contributed by atoms with van der Waals surface area (Å²) < 4.78 is 16.7. The number of unbranched alkanes of at least 4 members (excludes halogenated alkanes) is 21. The fraction of sp³-hybridized carbons (Fsp3) is 0.702. The van der Waals surface area contributed by atoms with Crippen LogP contribution in [0.4, 0.5) is 0 Å². The molecule has 63 heavy (non-hydrogen) atoms. The largest absolute Gasteiger partial charge is 0.462 e. The standard InChI is InChI=1S/C57H96O6/c1-4-7-10-13-16-19-22-25-26-27-28-29-30-33-35-38-41-44-47-50-56(59)62-53-54(63-57(60)51-48-45-42-39-36-32-24-21-18-15-12-9-6-3)52-61-55(58)49-46-43-40-37-34-31-23-20-17-14-11-8-5-2/h7,10,16,19,25-26,28-29,32-33,35-36,42,45,54H,4-6,8-9,11-15,17-18,20-24,27,30-31,34,37-41,43-44,46-53H2,1-3H3/b10-7-,19-16-,26-25-,29-28-,35-33-,36-32-,45-42-. The van der Waals surface area contributed by atoms with Crippen LogP contribution in [0.15, 0.2) is 85.1 Å². The molecule has 0 saturated heterocycles. The minimum absolute atomic E-state index is 0.108. The van der Waals surface area contributed by atoms with Crippen molar-refractivity contribution in [1.82, 2.24) is 0 Å². The first-order valence-corrected chi connectivity index (χ1v) is 26.1. The van der Waals surface area contributed by atoms with E-state index in [4.69, 9.17) is 14.2 Å². The van der Waals surface area contributed by atoms with Crippen molar-refractivity contribution >= 4 is 17.9 Å². The van der Waals surface area contributed by atoms with Gasteiger partial charge in [-0.05, 0) is 83.5 Å². The maximum absolute atomic E-state index is 12.7. The second-order valence-electron chi connectivity index (χ2n) is 17.1. The Morgan fingerprint density at radius 1 is 0.333 bits per heavy atom. The summed E-state index contributed by atoms with van der Waals surface area (Å²) in [5, 5.41) is 0. The third-order valence-corrected chi connectivity index (χ3v) is 10.9. The Balaban J connectivity index is 4.48. The van der Waals surface area contributed by atoms with E-state index in [1.807, 2.05) is 6.08 Å². The van der Waals surface area contributed by atoms with Gasteiger partial charge in [0.15, 0.2) is 6.10 Å². The Bertz CT molecular complexity index is 1240. The van der Waals surface area contributed by atoms with E-state index in [2.05, 4.69) is 99.8 Å². The van der Waals surface area contributed by atoms with Gasteiger partial charge in [-0.15, -0.1) is 0 Å². The molecule has 1 atom stereocenters. The van der Waals surface area contributed by atoms with E-state index in [1.165, 1.54) is 103 Å². The molecule has 0 amide bonds. The highest BCUT2D eigenvalue weighted by Crippen LogP contribution is 2.14. The number of carbonyl (C=O) groups excluding carboxylic acids is 3. The summed E-state index contributed by atoms with van der Waals surface area (Å²) in [5.74, 6) is -1.01. The topological polar surface area (TPSA) is 78.9 Å². The first-order valence-electron chi connectivity index (χ1n) is 26.1. The van der Waals surface area contributed by atoms with Gasteiger partial charge in [-0.25, -0.2) is 0 Å². The maximum Gasteiger partial charge on any atom is 0.306 e. The Labute approximate surface area is 388 Å². The van der Waals surface area contributed by atoms with Gasteiger partial charge >= 0.3 is 17.9 Å². The predicted octanol–water partition coefficient (Wildman–Crippen LogP) is 17.2. The van der Waals surface area contributed by atoms with Crippen LogP contribution in [0.1, 0.15) is 239 Å². The average Bonchev–Trinajstić information content (AvgIpc) is 3.28. The van der Waals surface area contributed by atoms with E-state index in [-0.39, 0.29) is 37.5 Å². The molecule has 0 saturated carbocycles. The second-order valence-corrected chi connectivity index (χ2v) is 17.1. The summed E-state index contributed by atoms with van der Waals surface area (Å²) in [4.78, 5) is 37.9. The van der Waals surface area contributed by atoms with Crippen LogP contribution in [0, 0.1) is 0 Å².